The van der Waals surface area contributed by atoms with Crippen LogP contribution < -0.4 is 0 Å². The van der Waals surface area contributed by atoms with E-state index in [1.165, 1.54) is 23.3 Å². The highest BCUT2D eigenvalue weighted by Gasteiger charge is 2.24. The monoisotopic (exact) mass is 323 g/mol. The Bertz CT molecular complexity index is 667. The standard InChI is InChI=1S/C16H22ClN3S/c1-9-5-6-10(2)20(7-9)8-13-18-15(17)14-11(3)12(4)21-16(14)19-13/h9-10H,5-8H2,1-4H3. The van der Waals surface area contributed by atoms with Crippen LogP contribution >= 0.6 is 22.9 Å². The number of rotatable bonds is 2. The highest BCUT2D eigenvalue weighted by Crippen LogP contribution is 2.33. The molecule has 3 nitrogen and oxygen atoms in total. The molecule has 1 aliphatic rings. The summed E-state index contributed by atoms with van der Waals surface area (Å²) in [5, 5.41) is 1.64. The van der Waals surface area contributed by atoms with Gasteiger partial charge in [0.15, 0.2) is 0 Å². The summed E-state index contributed by atoms with van der Waals surface area (Å²) in [5.41, 5.74) is 1.21. The summed E-state index contributed by atoms with van der Waals surface area (Å²) in [6.07, 6.45) is 2.58. The molecule has 0 aliphatic carbocycles. The van der Waals surface area contributed by atoms with Crippen molar-refractivity contribution in [1.29, 1.82) is 0 Å². The van der Waals surface area contributed by atoms with E-state index in [0.717, 1.165) is 35.0 Å². The third-order valence-corrected chi connectivity index (χ3v) is 6.00. The molecule has 1 saturated heterocycles. The van der Waals surface area contributed by atoms with Crippen molar-refractivity contribution in [2.45, 2.75) is 53.1 Å². The van der Waals surface area contributed by atoms with Crippen LogP contribution in [0.25, 0.3) is 10.2 Å². The summed E-state index contributed by atoms with van der Waals surface area (Å²) in [6.45, 7) is 10.8. The van der Waals surface area contributed by atoms with Crippen molar-refractivity contribution in [3.8, 4) is 0 Å². The van der Waals surface area contributed by atoms with Crippen molar-refractivity contribution in [3.63, 3.8) is 0 Å². The maximum Gasteiger partial charge on any atom is 0.145 e. The topological polar surface area (TPSA) is 29.0 Å². The van der Waals surface area contributed by atoms with Gasteiger partial charge in [-0.3, -0.25) is 4.90 Å². The number of piperidine rings is 1. The summed E-state index contributed by atoms with van der Waals surface area (Å²) in [4.78, 5) is 14.1. The van der Waals surface area contributed by atoms with Gasteiger partial charge in [-0.25, -0.2) is 9.97 Å². The van der Waals surface area contributed by atoms with Gasteiger partial charge in [0.25, 0.3) is 0 Å². The number of fused-ring (bicyclic) bond motifs is 1. The molecule has 1 fully saturated rings. The van der Waals surface area contributed by atoms with Crippen LogP contribution in [-0.2, 0) is 6.54 Å². The molecule has 21 heavy (non-hydrogen) atoms. The van der Waals surface area contributed by atoms with Crippen LogP contribution in [-0.4, -0.2) is 27.5 Å². The molecule has 0 saturated carbocycles. The molecule has 0 radical (unpaired) electrons. The number of hydrogen-bond acceptors (Lipinski definition) is 4. The average Bonchev–Trinajstić information content (AvgIpc) is 2.70. The lowest BCUT2D eigenvalue weighted by atomic mass is 9.95. The maximum absolute atomic E-state index is 6.40. The number of nitrogens with zero attached hydrogens (tertiary/aromatic N) is 3. The van der Waals surface area contributed by atoms with E-state index in [9.17, 15) is 0 Å². The second kappa shape index (κ2) is 5.82. The number of hydrogen-bond donors (Lipinski definition) is 0. The van der Waals surface area contributed by atoms with E-state index in [1.54, 1.807) is 11.3 Å². The molecule has 2 aromatic heterocycles. The highest BCUT2D eigenvalue weighted by atomic mass is 35.5. The second-order valence-electron chi connectivity index (χ2n) is 6.36. The third kappa shape index (κ3) is 2.94. The third-order valence-electron chi connectivity index (χ3n) is 4.62. The molecule has 0 bridgehead atoms. The summed E-state index contributed by atoms with van der Waals surface area (Å²) in [6, 6.07) is 0.603. The van der Waals surface area contributed by atoms with Crippen molar-refractivity contribution in [3.05, 3.63) is 21.4 Å². The Balaban J connectivity index is 1.90. The fourth-order valence-electron chi connectivity index (χ4n) is 3.09. The molecule has 3 heterocycles. The number of aryl methyl sites for hydroxylation is 2. The first-order valence-electron chi connectivity index (χ1n) is 7.62. The second-order valence-corrected chi connectivity index (χ2v) is 7.92. The Morgan fingerprint density at radius 3 is 2.76 bits per heavy atom. The fourth-order valence-corrected chi connectivity index (χ4v) is 4.53. The van der Waals surface area contributed by atoms with Gasteiger partial charge in [0.2, 0.25) is 0 Å². The first-order chi connectivity index (χ1) is 9.95. The van der Waals surface area contributed by atoms with E-state index >= 15 is 0 Å². The molecular weight excluding hydrogens is 302 g/mol. The van der Waals surface area contributed by atoms with Gasteiger partial charge in [0.1, 0.15) is 15.8 Å². The normalized spacial score (nSPS) is 23.9. The van der Waals surface area contributed by atoms with Gasteiger partial charge in [-0.2, -0.15) is 0 Å². The predicted molar refractivity (Wildman–Crippen MR) is 90.2 cm³/mol. The van der Waals surface area contributed by atoms with E-state index < -0.39 is 0 Å². The van der Waals surface area contributed by atoms with Gasteiger partial charge in [-0.1, -0.05) is 18.5 Å². The van der Waals surface area contributed by atoms with Crippen molar-refractivity contribution < 1.29 is 0 Å². The van der Waals surface area contributed by atoms with Crippen molar-refractivity contribution >= 4 is 33.2 Å². The molecule has 0 spiro atoms. The number of halogens is 1. The molecular formula is C16H22ClN3S. The number of likely N-dealkylation sites (tertiary alicyclic amines) is 1. The SMILES string of the molecule is Cc1sc2nc(CN3CC(C)CCC3C)nc(Cl)c2c1C. The molecule has 3 rings (SSSR count). The lowest BCUT2D eigenvalue weighted by molar-refractivity contribution is 0.114. The van der Waals surface area contributed by atoms with Gasteiger partial charge < -0.3 is 0 Å². The quantitative estimate of drug-likeness (QED) is 0.757. The van der Waals surface area contributed by atoms with Crippen LogP contribution in [0.15, 0.2) is 0 Å². The predicted octanol–water partition coefficient (Wildman–Crippen LogP) is 4.58. The average molecular weight is 324 g/mol. The van der Waals surface area contributed by atoms with Gasteiger partial charge >= 0.3 is 0 Å². The number of thiophene rings is 1. The molecule has 0 aromatic carbocycles. The first-order valence-corrected chi connectivity index (χ1v) is 8.81. The van der Waals surface area contributed by atoms with Crippen LogP contribution in [0.2, 0.25) is 5.15 Å². The molecule has 0 amide bonds. The van der Waals surface area contributed by atoms with E-state index in [0.29, 0.717) is 11.2 Å². The maximum atomic E-state index is 6.40. The van der Waals surface area contributed by atoms with Crippen LogP contribution in [0.5, 0.6) is 0 Å². The Morgan fingerprint density at radius 2 is 2.00 bits per heavy atom. The number of aromatic nitrogens is 2. The zero-order chi connectivity index (χ0) is 15.1. The van der Waals surface area contributed by atoms with Gasteiger partial charge in [-0.15, -0.1) is 11.3 Å². The van der Waals surface area contributed by atoms with E-state index in [1.807, 2.05) is 0 Å². The zero-order valence-electron chi connectivity index (χ0n) is 13.1. The molecule has 1 aliphatic heterocycles. The van der Waals surface area contributed by atoms with E-state index in [4.69, 9.17) is 16.6 Å². The van der Waals surface area contributed by atoms with E-state index in [-0.39, 0.29) is 0 Å². The van der Waals surface area contributed by atoms with Crippen LogP contribution in [0.3, 0.4) is 0 Å². The largest absolute Gasteiger partial charge is 0.293 e. The fraction of sp³-hybridized carbons (Fsp3) is 0.625. The molecule has 0 N–H and O–H groups in total. The molecule has 2 atom stereocenters. The Kier molecular flexibility index (Phi) is 4.21. The smallest absolute Gasteiger partial charge is 0.145 e. The zero-order valence-corrected chi connectivity index (χ0v) is 14.7. The summed E-state index contributed by atoms with van der Waals surface area (Å²) in [5.74, 6) is 1.61. The Morgan fingerprint density at radius 1 is 1.24 bits per heavy atom. The summed E-state index contributed by atoms with van der Waals surface area (Å²) < 4.78 is 0. The molecule has 5 heteroatoms. The van der Waals surface area contributed by atoms with Crippen molar-refractivity contribution in [2.75, 3.05) is 6.54 Å². The minimum Gasteiger partial charge on any atom is -0.293 e. The highest BCUT2D eigenvalue weighted by molar-refractivity contribution is 7.18. The minimum atomic E-state index is 0.603. The summed E-state index contributed by atoms with van der Waals surface area (Å²) >= 11 is 8.12. The van der Waals surface area contributed by atoms with Crippen molar-refractivity contribution in [1.82, 2.24) is 14.9 Å². The minimum absolute atomic E-state index is 0.603. The Hall–Kier alpha value is -0.710. The van der Waals surface area contributed by atoms with Gasteiger partial charge in [0, 0.05) is 17.5 Å². The lowest BCUT2D eigenvalue weighted by Gasteiger charge is -2.36. The van der Waals surface area contributed by atoms with Gasteiger partial charge in [-0.05, 0) is 45.1 Å². The van der Waals surface area contributed by atoms with E-state index in [2.05, 4.69) is 37.6 Å². The lowest BCUT2D eigenvalue weighted by Crippen LogP contribution is -2.40. The van der Waals surface area contributed by atoms with Crippen LogP contribution in [0, 0.1) is 19.8 Å². The van der Waals surface area contributed by atoms with Gasteiger partial charge in [0.05, 0.1) is 11.9 Å². The molecule has 114 valence electrons. The van der Waals surface area contributed by atoms with Crippen LogP contribution in [0.1, 0.15) is 43.0 Å². The molecule has 2 unspecified atom stereocenters. The van der Waals surface area contributed by atoms with Crippen LogP contribution in [0.4, 0.5) is 0 Å². The summed E-state index contributed by atoms with van der Waals surface area (Å²) in [7, 11) is 0. The van der Waals surface area contributed by atoms with Crippen molar-refractivity contribution in [2.24, 2.45) is 5.92 Å². The molecule has 2 aromatic rings. The first kappa shape index (κ1) is 15.2. The Labute approximate surface area is 135 Å².